The Hall–Kier alpha value is -1.53. The number of esters is 1. The molecule has 1 aromatic rings. The third-order valence-corrected chi connectivity index (χ3v) is 3.00. The van der Waals surface area contributed by atoms with Gasteiger partial charge in [-0.05, 0) is 36.1 Å². The maximum atomic E-state index is 11.5. The van der Waals surface area contributed by atoms with E-state index in [1.807, 2.05) is 13.0 Å². The van der Waals surface area contributed by atoms with Crippen LogP contribution in [0.3, 0.4) is 0 Å². The van der Waals surface area contributed by atoms with Gasteiger partial charge >= 0.3 is 5.97 Å². The van der Waals surface area contributed by atoms with E-state index in [9.17, 15) is 4.79 Å². The first-order chi connectivity index (χ1) is 8.65. The van der Waals surface area contributed by atoms with Gasteiger partial charge in [0.05, 0.1) is 24.7 Å². The summed E-state index contributed by atoms with van der Waals surface area (Å²) in [5.41, 5.74) is 3.23. The van der Waals surface area contributed by atoms with Gasteiger partial charge in [-0.25, -0.2) is 0 Å². The zero-order chi connectivity index (χ0) is 13.5. The first kappa shape index (κ1) is 14.5. The molecule has 0 bridgehead atoms. The molecular formula is C14H16ClNO2. The van der Waals surface area contributed by atoms with Crippen LogP contribution in [0.2, 0.25) is 0 Å². The monoisotopic (exact) mass is 265 g/mol. The van der Waals surface area contributed by atoms with E-state index in [-0.39, 0.29) is 12.4 Å². The zero-order valence-electron chi connectivity index (χ0n) is 10.6. The van der Waals surface area contributed by atoms with E-state index in [2.05, 4.69) is 6.07 Å². The minimum absolute atomic E-state index is 0.203. The van der Waals surface area contributed by atoms with Gasteiger partial charge in [0, 0.05) is 5.88 Å². The summed E-state index contributed by atoms with van der Waals surface area (Å²) in [7, 11) is 0. The molecule has 0 aliphatic rings. The van der Waals surface area contributed by atoms with E-state index in [0.29, 0.717) is 18.1 Å². The Balaban J connectivity index is 3.10. The number of hydrogen-bond acceptors (Lipinski definition) is 3. The number of carbonyl (C=O) groups is 1. The molecule has 96 valence electrons. The third kappa shape index (κ3) is 3.48. The summed E-state index contributed by atoms with van der Waals surface area (Å²) in [6.07, 6.45) is 0.999. The van der Waals surface area contributed by atoms with Crippen LogP contribution in [0.1, 0.15) is 36.1 Å². The predicted octanol–water partition coefficient (Wildman–Crippen LogP) is 2.97. The molecule has 0 radical (unpaired) electrons. The van der Waals surface area contributed by atoms with E-state index in [1.165, 1.54) is 0 Å². The fourth-order valence-corrected chi connectivity index (χ4v) is 2.04. The van der Waals surface area contributed by atoms with Gasteiger partial charge in [0.15, 0.2) is 0 Å². The molecule has 3 nitrogen and oxygen atoms in total. The van der Waals surface area contributed by atoms with Gasteiger partial charge in [0.1, 0.15) is 0 Å². The highest BCUT2D eigenvalue weighted by atomic mass is 35.5. The molecule has 0 saturated heterocycles. The highest BCUT2D eigenvalue weighted by molar-refractivity contribution is 6.17. The van der Waals surface area contributed by atoms with E-state index in [1.54, 1.807) is 13.0 Å². The topological polar surface area (TPSA) is 50.1 Å². The molecular weight excluding hydrogens is 250 g/mol. The molecule has 0 saturated carbocycles. The van der Waals surface area contributed by atoms with Crippen molar-refractivity contribution in [2.75, 3.05) is 6.61 Å². The van der Waals surface area contributed by atoms with Crippen LogP contribution in [0.5, 0.6) is 0 Å². The lowest BCUT2D eigenvalue weighted by Gasteiger charge is -2.11. The number of nitrogens with zero attached hydrogens (tertiary/aromatic N) is 1. The minimum Gasteiger partial charge on any atom is -0.466 e. The van der Waals surface area contributed by atoms with Crippen LogP contribution < -0.4 is 0 Å². The second-order valence-electron chi connectivity index (χ2n) is 3.86. The van der Waals surface area contributed by atoms with Crippen molar-refractivity contribution in [1.29, 1.82) is 5.26 Å². The number of halogens is 1. The van der Waals surface area contributed by atoms with Crippen LogP contribution >= 0.6 is 11.6 Å². The molecule has 1 rings (SSSR count). The maximum Gasteiger partial charge on any atom is 0.310 e. The average molecular weight is 266 g/mol. The summed E-state index contributed by atoms with van der Waals surface area (Å²) in [4.78, 5) is 11.5. The predicted molar refractivity (Wildman–Crippen MR) is 70.4 cm³/mol. The molecule has 0 atom stereocenters. The Morgan fingerprint density at radius 2 is 2.06 bits per heavy atom. The van der Waals surface area contributed by atoms with Gasteiger partial charge < -0.3 is 4.74 Å². The molecule has 4 heteroatoms. The molecule has 0 aliphatic heterocycles. The SMILES string of the molecule is CCOC(=O)Cc1cc(C#N)c(CCl)cc1CC. The van der Waals surface area contributed by atoms with E-state index >= 15 is 0 Å². The number of nitriles is 1. The zero-order valence-corrected chi connectivity index (χ0v) is 11.4. The summed E-state index contributed by atoms with van der Waals surface area (Å²) in [6, 6.07) is 5.75. The number of ether oxygens (including phenoxy) is 1. The molecule has 0 heterocycles. The normalized spacial score (nSPS) is 9.89. The van der Waals surface area contributed by atoms with Crippen LogP contribution in [0.4, 0.5) is 0 Å². The second kappa shape index (κ2) is 7.03. The van der Waals surface area contributed by atoms with Gasteiger partial charge in [-0.1, -0.05) is 13.0 Å². The van der Waals surface area contributed by atoms with E-state index in [0.717, 1.165) is 23.1 Å². The molecule has 0 unspecified atom stereocenters. The van der Waals surface area contributed by atoms with Gasteiger partial charge in [0.2, 0.25) is 0 Å². The van der Waals surface area contributed by atoms with Gasteiger partial charge in [-0.3, -0.25) is 4.79 Å². The smallest absolute Gasteiger partial charge is 0.310 e. The number of hydrogen-bond donors (Lipinski definition) is 0. The standard InChI is InChI=1S/C14H16ClNO2/c1-3-10-5-12(8-15)13(9-16)6-11(10)7-14(17)18-4-2/h5-6H,3-4,7-8H2,1-2H3. The number of alkyl halides is 1. The van der Waals surface area contributed by atoms with Crippen molar-refractivity contribution >= 4 is 17.6 Å². The van der Waals surface area contributed by atoms with Crippen molar-refractivity contribution in [3.8, 4) is 6.07 Å². The van der Waals surface area contributed by atoms with Crippen molar-refractivity contribution in [2.24, 2.45) is 0 Å². The molecule has 18 heavy (non-hydrogen) atoms. The van der Waals surface area contributed by atoms with Crippen molar-refractivity contribution in [2.45, 2.75) is 32.6 Å². The lowest BCUT2D eigenvalue weighted by Crippen LogP contribution is -2.10. The molecule has 0 N–H and O–H groups in total. The Bertz CT molecular complexity index is 477. The lowest BCUT2D eigenvalue weighted by atomic mass is 9.96. The van der Waals surface area contributed by atoms with Crippen molar-refractivity contribution < 1.29 is 9.53 Å². The summed E-state index contributed by atoms with van der Waals surface area (Å²) in [5, 5.41) is 9.05. The van der Waals surface area contributed by atoms with E-state index < -0.39 is 0 Å². The number of carbonyl (C=O) groups excluding carboxylic acids is 1. The molecule has 0 amide bonds. The first-order valence-electron chi connectivity index (χ1n) is 5.92. The van der Waals surface area contributed by atoms with E-state index in [4.69, 9.17) is 21.6 Å². The summed E-state index contributed by atoms with van der Waals surface area (Å²) in [6.45, 7) is 4.15. The van der Waals surface area contributed by atoms with Crippen LogP contribution in [-0.4, -0.2) is 12.6 Å². The van der Waals surface area contributed by atoms with Crippen molar-refractivity contribution in [3.05, 3.63) is 34.4 Å². The Kier molecular flexibility index (Phi) is 5.67. The average Bonchev–Trinajstić information content (AvgIpc) is 2.38. The van der Waals surface area contributed by atoms with Crippen molar-refractivity contribution in [1.82, 2.24) is 0 Å². The summed E-state index contributed by atoms with van der Waals surface area (Å²) >= 11 is 5.80. The van der Waals surface area contributed by atoms with Crippen LogP contribution in [0.15, 0.2) is 12.1 Å². The van der Waals surface area contributed by atoms with Crippen LogP contribution in [-0.2, 0) is 28.3 Å². The van der Waals surface area contributed by atoms with Crippen LogP contribution in [0.25, 0.3) is 0 Å². The Morgan fingerprint density at radius 3 is 2.56 bits per heavy atom. The van der Waals surface area contributed by atoms with Gasteiger partial charge in [-0.2, -0.15) is 5.26 Å². The second-order valence-corrected chi connectivity index (χ2v) is 4.13. The Morgan fingerprint density at radius 1 is 1.33 bits per heavy atom. The molecule has 1 aromatic carbocycles. The lowest BCUT2D eigenvalue weighted by molar-refractivity contribution is -0.142. The molecule has 0 aromatic heterocycles. The highest BCUT2D eigenvalue weighted by Crippen LogP contribution is 2.20. The quantitative estimate of drug-likeness (QED) is 0.607. The number of aryl methyl sites for hydroxylation is 1. The van der Waals surface area contributed by atoms with Gasteiger partial charge in [-0.15, -0.1) is 11.6 Å². The molecule has 0 aliphatic carbocycles. The fourth-order valence-electron chi connectivity index (χ4n) is 1.82. The summed E-state index contributed by atoms with van der Waals surface area (Å²) < 4.78 is 4.93. The number of rotatable bonds is 5. The first-order valence-corrected chi connectivity index (χ1v) is 6.46. The summed E-state index contributed by atoms with van der Waals surface area (Å²) in [5.74, 6) is 0.0324. The Labute approximate surface area is 112 Å². The van der Waals surface area contributed by atoms with Crippen LogP contribution in [0, 0.1) is 11.3 Å². The maximum absolute atomic E-state index is 11.5. The third-order valence-electron chi connectivity index (χ3n) is 2.71. The highest BCUT2D eigenvalue weighted by Gasteiger charge is 2.12. The van der Waals surface area contributed by atoms with Crippen molar-refractivity contribution in [3.63, 3.8) is 0 Å². The van der Waals surface area contributed by atoms with Gasteiger partial charge in [0.25, 0.3) is 0 Å². The fraction of sp³-hybridized carbons (Fsp3) is 0.429. The molecule has 0 fully saturated rings. The molecule has 0 spiro atoms. The minimum atomic E-state index is -0.269. The number of benzene rings is 1. The largest absolute Gasteiger partial charge is 0.466 e.